The second-order valence-corrected chi connectivity index (χ2v) is 4.54. The van der Waals surface area contributed by atoms with Crippen molar-refractivity contribution in [2.45, 2.75) is 34.1 Å². The molecule has 1 amide bonds. The summed E-state index contributed by atoms with van der Waals surface area (Å²) in [5, 5.41) is 3.32. The van der Waals surface area contributed by atoms with E-state index in [1.165, 1.54) is 0 Å². The molecule has 0 spiro atoms. The van der Waals surface area contributed by atoms with E-state index in [1.54, 1.807) is 14.0 Å². The summed E-state index contributed by atoms with van der Waals surface area (Å²) < 4.78 is 5.10. The van der Waals surface area contributed by atoms with Gasteiger partial charge in [-0.05, 0) is 38.5 Å². The van der Waals surface area contributed by atoms with Crippen LogP contribution in [0.1, 0.15) is 34.1 Å². The van der Waals surface area contributed by atoms with Crippen molar-refractivity contribution in [2.24, 2.45) is 0 Å². The molecule has 0 aliphatic rings. The quantitative estimate of drug-likeness (QED) is 0.521. The van der Waals surface area contributed by atoms with Crippen LogP contribution >= 0.6 is 0 Å². The molecular formula is C16H28N2O2. The highest BCUT2D eigenvalue weighted by atomic mass is 16.5. The van der Waals surface area contributed by atoms with Crippen molar-refractivity contribution in [3.8, 4) is 0 Å². The van der Waals surface area contributed by atoms with Gasteiger partial charge in [0.05, 0.1) is 12.9 Å². The minimum atomic E-state index is 0.125. The fraction of sp³-hybridized carbons (Fsp3) is 0.562. The molecule has 1 N–H and O–H groups in total. The number of allylic oxidation sites excluding steroid dienone is 5. The van der Waals surface area contributed by atoms with Crippen LogP contribution in [0.15, 0.2) is 35.8 Å². The Bertz CT molecular complexity index is 371. The zero-order chi connectivity index (χ0) is 15.4. The van der Waals surface area contributed by atoms with Gasteiger partial charge in [0.2, 0.25) is 5.91 Å². The lowest BCUT2D eigenvalue weighted by Crippen LogP contribution is -2.35. The number of rotatable bonds is 9. The lowest BCUT2D eigenvalue weighted by Gasteiger charge is -2.20. The van der Waals surface area contributed by atoms with Crippen molar-refractivity contribution in [1.82, 2.24) is 10.2 Å². The Morgan fingerprint density at radius 2 is 1.95 bits per heavy atom. The Labute approximate surface area is 123 Å². The van der Waals surface area contributed by atoms with E-state index in [0.29, 0.717) is 6.54 Å². The zero-order valence-electron chi connectivity index (χ0n) is 13.4. The Morgan fingerprint density at radius 1 is 1.25 bits per heavy atom. The summed E-state index contributed by atoms with van der Waals surface area (Å²) >= 11 is 0. The predicted molar refractivity (Wildman–Crippen MR) is 84.2 cm³/mol. The van der Waals surface area contributed by atoms with Gasteiger partial charge in [-0.15, -0.1) is 0 Å². The number of methoxy groups -OCH3 is 1. The minimum Gasteiger partial charge on any atom is -0.501 e. The largest absolute Gasteiger partial charge is 0.501 e. The van der Waals surface area contributed by atoms with Gasteiger partial charge in [-0.3, -0.25) is 4.79 Å². The fourth-order valence-electron chi connectivity index (χ4n) is 1.66. The number of carbonyl (C=O) groups excluding carboxylic acids is 1. The average Bonchev–Trinajstić information content (AvgIpc) is 2.43. The number of nitrogens with one attached hydrogen (secondary N) is 1. The number of hydrogen-bond acceptors (Lipinski definition) is 3. The van der Waals surface area contributed by atoms with E-state index in [-0.39, 0.29) is 5.91 Å². The molecule has 0 saturated heterocycles. The molecule has 0 radical (unpaired) electrons. The summed E-state index contributed by atoms with van der Waals surface area (Å²) in [6, 6.07) is 0. The van der Waals surface area contributed by atoms with E-state index in [9.17, 15) is 4.79 Å². The molecule has 0 aliphatic carbocycles. The summed E-state index contributed by atoms with van der Waals surface area (Å²) in [5.41, 5.74) is 1.00. The maximum atomic E-state index is 11.4. The van der Waals surface area contributed by atoms with Gasteiger partial charge in [-0.1, -0.05) is 13.0 Å². The van der Waals surface area contributed by atoms with E-state index in [2.05, 4.69) is 12.2 Å². The van der Waals surface area contributed by atoms with Gasteiger partial charge in [0.15, 0.2) is 0 Å². The van der Waals surface area contributed by atoms with Gasteiger partial charge in [-0.25, -0.2) is 0 Å². The first-order valence-corrected chi connectivity index (χ1v) is 7.09. The van der Waals surface area contributed by atoms with Crippen molar-refractivity contribution in [3.05, 3.63) is 35.8 Å². The lowest BCUT2D eigenvalue weighted by atomic mass is 10.3. The van der Waals surface area contributed by atoms with Crippen LogP contribution in [-0.2, 0) is 9.53 Å². The molecule has 4 nitrogen and oxygen atoms in total. The molecule has 0 saturated carbocycles. The third kappa shape index (κ3) is 8.40. The third-order valence-electron chi connectivity index (χ3n) is 2.82. The molecule has 0 unspecified atom stereocenters. The van der Waals surface area contributed by atoms with E-state index >= 15 is 0 Å². The van der Waals surface area contributed by atoms with E-state index in [4.69, 9.17) is 4.74 Å². The number of ether oxygens (including phenoxy) is 1. The minimum absolute atomic E-state index is 0.125. The van der Waals surface area contributed by atoms with Crippen molar-refractivity contribution < 1.29 is 9.53 Å². The fourth-order valence-corrected chi connectivity index (χ4v) is 1.66. The van der Waals surface area contributed by atoms with Crippen molar-refractivity contribution in [2.75, 3.05) is 26.7 Å². The molecule has 0 rings (SSSR count). The first kappa shape index (κ1) is 18.3. The van der Waals surface area contributed by atoms with Crippen LogP contribution in [-0.4, -0.2) is 37.6 Å². The van der Waals surface area contributed by atoms with Crippen LogP contribution in [0, 0.1) is 0 Å². The molecule has 0 aromatic carbocycles. The van der Waals surface area contributed by atoms with E-state index in [1.807, 2.05) is 43.1 Å². The van der Waals surface area contributed by atoms with Crippen LogP contribution in [0.2, 0.25) is 0 Å². The smallest absolute Gasteiger partial charge is 0.219 e. The highest BCUT2D eigenvalue weighted by Crippen LogP contribution is 1.99. The molecule has 114 valence electrons. The molecule has 0 aromatic rings. The second-order valence-electron chi connectivity index (χ2n) is 4.54. The van der Waals surface area contributed by atoms with Crippen LogP contribution in [0.3, 0.4) is 0 Å². The average molecular weight is 280 g/mol. The van der Waals surface area contributed by atoms with Crippen LogP contribution in [0.4, 0.5) is 0 Å². The molecule has 20 heavy (non-hydrogen) atoms. The lowest BCUT2D eigenvalue weighted by molar-refractivity contribution is -0.128. The first-order valence-electron chi connectivity index (χ1n) is 7.09. The Morgan fingerprint density at radius 3 is 2.45 bits per heavy atom. The van der Waals surface area contributed by atoms with Crippen molar-refractivity contribution >= 4 is 5.91 Å². The Kier molecular flexibility index (Phi) is 10.2. The normalized spacial score (nSPS) is 12.7. The summed E-state index contributed by atoms with van der Waals surface area (Å²) in [5.74, 6) is 0.977. The molecule has 0 aromatic heterocycles. The van der Waals surface area contributed by atoms with Crippen molar-refractivity contribution in [3.63, 3.8) is 0 Å². The highest BCUT2D eigenvalue weighted by Gasteiger charge is 2.06. The topological polar surface area (TPSA) is 41.6 Å². The van der Waals surface area contributed by atoms with Gasteiger partial charge < -0.3 is 15.0 Å². The summed E-state index contributed by atoms with van der Waals surface area (Å²) in [7, 11) is 1.65. The number of hydrogen-bond donors (Lipinski definition) is 1. The summed E-state index contributed by atoms with van der Waals surface area (Å²) in [6.07, 6.45) is 8.84. The van der Waals surface area contributed by atoms with Crippen LogP contribution in [0.25, 0.3) is 0 Å². The zero-order valence-corrected chi connectivity index (χ0v) is 13.4. The van der Waals surface area contributed by atoms with Gasteiger partial charge in [0.25, 0.3) is 0 Å². The number of carbonyl (C=O) groups is 1. The third-order valence-corrected chi connectivity index (χ3v) is 2.82. The monoisotopic (exact) mass is 280 g/mol. The molecular weight excluding hydrogens is 252 g/mol. The van der Waals surface area contributed by atoms with Crippen molar-refractivity contribution in [1.29, 1.82) is 0 Å². The molecule has 4 heteroatoms. The Hall–Kier alpha value is -1.71. The van der Waals surface area contributed by atoms with Crippen LogP contribution in [0.5, 0.6) is 0 Å². The van der Waals surface area contributed by atoms with Gasteiger partial charge in [0, 0.05) is 32.3 Å². The molecule has 0 bridgehead atoms. The second kappa shape index (κ2) is 11.1. The maximum Gasteiger partial charge on any atom is 0.219 e. The van der Waals surface area contributed by atoms with Crippen LogP contribution < -0.4 is 5.32 Å². The number of amides is 1. The van der Waals surface area contributed by atoms with Gasteiger partial charge in [-0.2, -0.15) is 0 Å². The molecule has 0 fully saturated rings. The van der Waals surface area contributed by atoms with E-state index < -0.39 is 0 Å². The number of nitrogens with zero attached hydrogens (tertiary/aromatic N) is 1. The molecule has 0 heterocycles. The van der Waals surface area contributed by atoms with E-state index in [0.717, 1.165) is 31.0 Å². The SMILES string of the molecule is C\C=C/C(=C\C=C(/C)OC)NCCN(CCC)C(C)=O. The highest BCUT2D eigenvalue weighted by molar-refractivity contribution is 5.73. The Balaban J connectivity index is 4.44. The summed E-state index contributed by atoms with van der Waals surface area (Å²) in [6.45, 7) is 9.82. The molecule has 0 atom stereocenters. The summed E-state index contributed by atoms with van der Waals surface area (Å²) in [4.78, 5) is 13.3. The van der Waals surface area contributed by atoms with Gasteiger partial charge in [0.1, 0.15) is 0 Å². The van der Waals surface area contributed by atoms with Gasteiger partial charge >= 0.3 is 0 Å². The molecule has 0 aliphatic heterocycles. The predicted octanol–water partition coefficient (Wildman–Crippen LogP) is 2.84. The maximum absolute atomic E-state index is 11.4. The standard InChI is InChI=1S/C16H28N2O2/c1-6-8-16(10-9-14(3)20-5)17-11-13-18(12-7-2)15(4)19/h6,8-10,17H,7,11-13H2,1-5H3/b8-6-,14-9+,16-10+. The first-order chi connectivity index (χ1) is 9.54.